The Morgan fingerprint density at radius 3 is 2.45 bits per heavy atom. The number of rotatable bonds is 5. The lowest BCUT2D eigenvalue weighted by Crippen LogP contribution is -2.50. The van der Waals surface area contributed by atoms with Crippen LogP contribution in [0.4, 0.5) is 0 Å². The standard InChI is InChI=1S/C30H52O/c1-8-21(28(3,4)5)10-9-20(2)25-13-14-26-24-12-11-22-19-23(31)15-17-29(22,6)27(24)16-18-30(25,26)7/h11,20-21,23-27,31H,8-10,12-19H2,1-7H3/t20-,21?,23+,24+,25-,26+,27+,29+,30-/m1/s1. The minimum atomic E-state index is -0.0820. The Morgan fingerprint density at radius 2 is 1.77 bits per heavy atom. The van der Waals surface area contributed by atoms with Crippen LogP contribution in [0.25, 0.3) is 0 Å². The molecular formula is C30H52O. The molecule has 4 rings (SSSR count). The minimum absolute atomic E-state index is 0.0820. The van der Waals surface area contributed by atoms with Crippen LogP contribution < -0.4 is 0 Å². The second-order valence-corrected chi connectivity index (χ2v) is 13.9. The van der Waals surface area contributed by atoms with Crippen LogP contribution in [-0.4, -0.2) is 11.2 Å². The molecular weight excluding hydrogens is 376 g/mol. The van der Waals surface area contributed by atoms with E-state index in [-0.39, 0.29) is 6.10 Å². The number of hydrogen-bond donors (Lipinski definition) is 1. The summed E-state index contributed by atoms with van der Waals surface area (Å²) in [6, 6.07) is 0. The quantitative estimate of drug-likeness (QED) is 0.436. The molecule has 3 saturated carbocycles. The van der Waals surface area contributed by atoms with E-state index in [1.807, 2.05) is 0 Å². The van der Waals surface area contributed by atoms with E-state index in [2.05, 4.69) is 54.5 Å². The first-order valence-electron chi connectivity index (χ1n) is 13.9. The summed E-state index contributed by atoms with van der Waals surface area (Å²) in [5, 5.41) is 10.3. The summed E-state index contributed by atoms with van der Waals surface area (Å²) in [4.78, 5) is 0. The number of aliphatic hydroxyl groups is 1. The molecule has 0 aromatic heterocycles. The van der Waals surface area contributed by atoms with Gasteiger partial charge in [-0.1, -0.05) is 73.0 Å². The average Bonchev–Trinajstić information content (AvgIpc) is 3.05. The van der Waals surface area contributed by atoms with Crippen LogP contribution in [-0.2, 0) is 0 Å². The van der Waals surface area contributed by atoms with Gasteiger partial charge in [0, 0.05) is 0 Å². The van der Waals surface area contributed by atoms with Gasteiger partial charge in [-0.3, -0.25) is 0 Å². The van der Waals surface area contributed by atoms with Gasteiger partial charge >= 0.3 is 0 Å². The number of fused-ring (bicyclic) bond motifs is 5. The van der Waals surface area contributed by atoms with Gasteiger partial charge in [-0.15, -0.1) is 0 Å². The van der Waals surface area contributed by atoms with E-state index < -0.39 is 0 Å². The van der Waals surface area contributed by atoms with Crippen LogP contribution in [0.5, 0.6) is 0 Å². The largest absolute Gasteiger partial charge is 0.393 e. The van der Waals surface area contributed by atoms with Crippen LogP contribution in [0.3, 0.4) is 0 Å². The Balaban J connectivity index is 1.47. The van der Waals surface area contributed by atoms with Gasteiger partial charge in [0.05, 0.1) is 6.10 Å². The summed E-state index contributed by atoms with van der Waals surface area (Å²) >= 11 is 0. The fourth-order valence-electron chi connectivity index (χ4n) is 9.53. The highest BCUT2D eigenvalue weighted by Crippen LogP contribution is 2.67. The highest BCUT2D eigenvalue weighted by Gasteiger charge is 2.59. The third kappa shape index (κ3) is 4.08. The number of hydrogen-bond acceptors (Lipinski definition) is 1. The highest BCUT2D eigenvalue weighted by atomic mass is 16.3. The molecule has 0 bridgehead atoms. The molecule has 4 aliphatic rings. The van der Waals surface area contributed by atoms with Crippen molar-refractivity contribution in [2.24, 2.45) is 51.8 Å². The molecule has 3 fully saturated rings. The first kappa shape index (κ1) is 23.8. The minimum Gasteiger partial charge on any atom is -0.393 e. The van der Waals surface area contributed by atoms with Crippen molar-refractivity contribution in [3.05, 3.63) is 11.6 Å². The van der Waals surface area contributed by atoms with E-state index in [4.69, 9.17) is 0 Å². The second kappa shape index (κ2) is 8.48. The summed E-state index contributed by atoms with van der Waals surface area (Å²) in [7, 11) is 0. The number of allylic oxidation sites excluding steroid dienone is 1. The summed E-state index contributed by atoms with van der Waals surface area (Å²) in [6.45, 7) is 17.6. The second-order valence-electron chi connectivity index (χ2n) is 13.9. The monoisotopic (exact) mass is 428 g/mol. The van der Waals surface area contributed by atoms with Crippen molar-refractivity contribution >= 4 is 0 Å². The zero-order valence-electron chi connectivity index (χ0n) is 21.8. The van der Waals surface area contributed by atoms with E-state index in [9.17, 15) is 5.11 Å². The highest BCUT2D eigenvalue weighted by molar-refractivity contribution is 5.25. The summed E-state index contributed by atoms with van der Waals surface area (Å²) in [6.07, 6.45) is 17.0. The number of aliphatic hydroxyl groups excluding tert-OH is 1. The summed E-state index contributed by atoms with van der Waals surface area (Å²) < 4.78 is 0. The zero-order valence-corrected chi connectivity index (χ0v) is 21.8. The van der Waals surface area contributed by atoms with Crippen LogP contribution in [0.2, 0.25) is 0 Å². The fraction of sp³-hybridized carbons (Fsp3) is 0.933. The maximum atomic E-state index is 10.3. The van der Waals surface area contributed by atoms with Gasteiger partial charge in [-0.25, -0.2) is 0 Å². The molecule has 31 heavy (non-hydrogen) atoms. The Labute approximate surface area is 193 Å². The van der Waals surface area contributed by atoms with E-state index in [0.29, 0.717) is 16.2 Å². The molecule has 0 aromatic rings. The van der Waals surface area contributed by atoms with Gasteiger partial charge in [0.25, 0.3) is 0 Å². The first-order valence-corrected chi connectivity index (χ1v) is 13.9. The molecule has 0 spiro atoms. The predicted octanol–water partition coefficient (Wildman–Crippen LogP) is 8.41. The van der Waals surface area contributed by atoms with Crippen LogP contribution in [0.15, 0.2) is 11.6 Å². The predicted molar refractivity (Wildman–Crippen MR) is 133 cm³/mol. The lowest BCUT2D eigenvalue weighted by molar-refractivity contribution is -0.0576. The van der Waals surface area contributed by atoms with Crippen LogP contribution in [0.1, 0.15) is 119 Å². The lowest BCUT2D eigenvalue weighted by atomic mass is 9.47. The van der Waals surface area contributed by atoms with Gasteiger partial charge in [0.15, 0.2) is 0 Å². The van der Waals surface area contributed by atoms with Crippen molar-refractivity contribution in [3.8, 4) is 0 Å². The average molecular weight is 429 g/mol. The summed E-state index contributed by atoms with van der Waals surface area (Å²) in [5.41, 5.74) is 3.02. The van der Waals surface area contributed by atoms with Gasteiger partial charge in [0.2, 0.25) is 0 Å². The van der Waals surface area contributed by atoms with Gasteiger partial charge < -0.3 is 5.11 Å². The molecule has 1 N–H and O–H groups in total. The van der Waals surface area contributed by atoms with E-state index in [0.717, 1.165) is 48.3 Å². The molecule has 1 unspecified atom stereocenters. The van der Waals surface area contributed by atoms with Crippen molar-refractivity contribution in [1.29, 1.82) is 0 Å². The Morgan fingerprint density at radius 1 is 1.03 bits per heavy atom. The molecule has 178 valence electrons. The molecule has 0 aromatic carbocycles. The van der Waals surface area contributed by atoms with Crippen molar-refractivity contribution in [1.82, 2.24) is 0 Å². The maximum absolute atomic E-state index is 10.3. The Bertz CT molecular complexity index is 670. The molecule has 9 atom stereocenters. The lowest BCUT2D eigenvalue weighted by Gasteiger charge is -2.58. The van der Waals surface area contributed by atoms with Crippen LogP contribution >= 0.6 is 0 Å². The molecule has 0 aliphatic heterocycles. The molecule has 0 saturated heterocycles. The van der Waals surface area contributed by atoms with E-state index >= 15 is 0 Å². The third-order valence-corrected chi connectivity index (χ3v) is 11.5. The van der Waals surface area contributed by atoms with Crippen molar-refractivity contribution in [3.63, 3.8) is 0 Å². The van der Waals surface area contributed by atoms with E-state index in [1.54, 1.807) is 5.57 Å². The fourth-order valence-corrected chi connectivity index (χ4v) is 9.53. The Kier molecular flexibility index (Phi) is 6.53. The van der Waals surface area contributed by atoms with Crippen molar-refractivity contribution in [2.75, 3.05) is 0 Å². The summed E-state index contributed by atoms with van der Waals surface area (Å²) in [5.74, 6) is 5.37. The normalized spacial score (nSPS) is 44.6. The molecule has 4 aliphatic carbocycles. The third-order valence-electron chi connectivity index (χ3n) is 11.5. The van der Waals surface area contributed by atoms with Gasteiger partial charge in [-0.05, 0) is 110 Å². The topological polar surface area (TPSA) is 20.2 Å². The van der Waals surface area contributed by atoms with Gasteiger partial charge in [-0.2, -0.15) is 0 Å². The van der Waals surface area contributed by atoms with Crippen molar-refractivity contribution < 1.29 is 5.11 Å². The van der Waals surface area contributed by atoms with Gasteiger partial charge in [0.1, 0.15) is 0 Å². The molecule has 1 heteroatoms. The Hall–Kier alpha value is -0.300. The SMILES string of the molecule is CCC(CC[C@@H](C)[C@H]1CC[C@H]2[C@@H]3CC=C4C[C@@H](O)CC[C@]4(C)[C@H]3CC[C@]12C)C(C)(C)C. The smallest absolute Gasteiger partial charge is 0.0577 e. The van der Waals surface area contributed by atoms with Crippen molar-refractivity contribution in [2.45, 2.75) is 125 Å². The van der Waals surface area contributed by atoms with E-state index in [1.165, 1.54) is 57.8 Å². The first-order chi connectivity index (χ1) is 14.5. The zero-order chi connectivity index (χ0) is 22.6. The molecule has 1 nitrogen and oxygen atoms in total. The van der Waals surface area contributed by atoms with Crippen LogP contribution in [0, 0.1) is 51.8 Å². The molecule has 0 heterocycles. The molecule has 0 radical (unpaired) electrons. The molecule has 0 amide bonds. The maximum Gasteiger partial charge on any atom is 0.0577 e.